The average Bonchev–Trinajstić information content (AvgIpc) is 3.17. The van der Waals surface area contributed by atoms with E-state index < -0.39 is 5.91 Å². The van der Waals surface area contributed by atoms with Crippen molar-refractivity contribution in [3.05, 3.63) is 41.0 Å². The smallest absolute Gasteiger partial charge is 0.300 e. The van der Waals surface area contributed by atoms with Crippen molar-refractivity contribution in [3.8, 4) is 18.2 Å². The molecule has 9 heteroatoms. The predicted molar refractivity (Wildman–Crippen MR) is 105 cm³/mol. The third-order valence-electron chi connectivity index (χ3n) is 4.23. The van der Waals surface area contributed by atoms with E-state index in [1.54, 1.807) is 29.2 Å². The molecule has 1 aromatic heterocycles. The molecular formula is C19H18ClN5O3. The second kappa shape index (κ2) is 8.59. The molecule has 1 aromatic carbocycles. The number of hydrogen-bond acceptors (Lipinski definition) is 6. The highest BCUT2D eigenvalue weighted by Crippen LogP contribution is 2.23. The predicted octanol–water partition coefficient (Wildman–Crippen LogP) is 2.04. The zero-order valence-corrected chi connectivity index (χ0v) is 15.9. The highest BCUT2D eigenvalue weighted by Gasteiger charge is 2.27. The first kappa shape index (κ1) is 19.5. The van der Waals surface area contributed by atoms with Gasteiger partial charge in [-0.3, -0.25) is 9.59 Å². The third kappa shape index (κ3) is 4.50. The first-order valence-corrected chi connectivity index (χ1v) is 8.88. The molecule has 0 aliphatic carbocycles. The van der Waals surface area contributed by atoms with Gasteiger partial charge >= 0.3 is 0 Å². The van der Waals surface area contributed by atoms with Gasteiger partial charge in [0.2, 0.25) is 11.8 Å². The molecule has 2 amide bonds. The molecule has 1 aliphatic rings. The van der Waals surface area contributed by atoms with Crippen LogP contribution in [0.2, 0.25) is 5.02 Å². The average molecular weight is 400 g/mol. The lowest BCUT2D eigenvalue weighted by Gasteiger charge is -2.17. The fourth-order valence-electron chi connectivity index (χ4n) is 2.86. The van der Waals surface area contributed by atoms with Crippen LogP contribution in [0, 0.1) is 12.3 Å². The molecule has 28 heavy (non-hydrogen) atoms. The molecule has 2 N–H and O–H groups in total. The van der Waals surface area contributed by atoms with Crippen LogP contribution >= 0.6 is 11.6 Å². The molecule has 1 atom stereocenters. The molecule has 2 aromatic rings. The van der Waals surface area contributed by atoms with Gasteiger partial charge in [-0.05, 0) is 36.6 Å². The molecule has 1 aliphatic heterocycles. The van der Waals surface area contributed by atoms with Crippen molar-refractivity contribution in [2.24, 2.45) is 0 Å². The molecular weight excluding hydrogens is 382 g/mol. The van der Waals surface area contributed by atoms with Crippen molar-refractivity contribution in [2.75, 3.05) is 30.8 Å². The van der Waals surface area contributed by atoms with E-state index in [-0.39, 0.29) is 11.9 Å². The van der Waals surface area contributed by atoms with Crippen LogP contribution in [0.15, 0.2) is 30.5 Å². The summed E-state index contributed by atoms with van der Waals surface area (Å²) in [5.74, 6) is 2.04. The summed E-state index contributed by atoms with van der Waals surface area (Å²) in [6.45, 7) is 1.12. The topological polar surface area (TPSA) is 96.5 Å². The number of likely N-dealkylation sites (tertiary alicyclic amines) is 1. The number of carbonyl (C=O) groups is 2. The number of carbonyl (C=O) groups excluding carboxylic acids is 2. The number of rotatable bonds is 5. The van der Waals surface area contributed by atoms with Crippen molar-refractivity contribution in [3.63, 3.8) is 0 Å². The summed E-state index contributed by atoms with van der Waals surface area (Å²) >= 11 is 5.93. The van der Waals surface area contributed by atoms with E-state index in [2.05, 4.69) is 20.6 Å². The molecule has 1 saturated heterocycles. The Labute approximate surface area is 167 Å². The van der Waals surface area contributed by atoms with Crippen LogP contribution in [0.4, 0.5) is 11.6 Å². The van der Waals surface area contributed by atoms with Crippen molar-refractivity contribution < 1.29 is 14.3 Å². The third-order valence-corrected chi connectivity index (χ3v) is 4.49. The van der Waals surface area contributed by atoms with E-state index in [9.17, 15) is 9.59 Å². The summed E-state index contributed by atoms with van der Waals surface area (Å²) in [7, 11) is 1.48. The highest BCUT2D eigenvalue weighted by molar-refractivity contribution is 6.31. The minimum atomic E-state index is -0.534. The Balaban J connectivity index is 1.59. The Hall–Kier alpha value is -3.31. The number of hydrogen-bond donors (Lipinski definition) is 2. The molecule has 0 radical (unpaired) electrons. The van der Waals surface area contributed by atoms with Crippen molar-refractivity contribution in [1.82, 2.24) is 14.9 Å². The molecule has 0 unspecified atom stereocenters. The van der Waals surface area contributed by atoms with Gasteiger partial charge in [0.05, 0.1) is 13.3 Å². The molecule has 0 spiro atoms. The Morgan fingerprint density at radius 1 is 1.36 bits per heavy atom. The molecule has 2 heterocycles. The van der Waals surface area contributed by atoms with E-state index in [0.717, 1.165) is 6.42 Å². The van der Waals surface area contributed by atoms with Crippen LogP contribution in [0.25, 0.3) is 0 Å². The summed E-state index contributed by atoms with van der Waals surface area (Å²) in [6, 6.07) is 6.61. The van der Waals surface area contributed by atoms with Gasteiger partial charge in [0, 0.05) is 30.4 Å². The lowest BCUT2D eigenvalue weighted by molar-refractivity contribution is -0.111. The lowest BCUT2D eigenvalue weighted by Crippen LogP contribution is -2.31. The van der Waals surface area contributed by atoms with Crippen molar-refractivity contribution in [2.45, 2.75) is 12.5 Å². The Bertz CT molecular complexity index is 926. The fourth-order valence-corrected chi connectivity index (χ4v) is 3.02. The lowest BCUT2D eigenvalue weighted by atomic mass is 10.2. The zero-order chi connectivity index (χ0) is 20.1. The summed E-state index contributed by atoms with van der Waals surface area (Å²) in [4.78, 5) is 34.0. The van der Waals surface area contributed by atoms with Gasteiger partial charge in [0.1, 0.15) is 5.02 Å². The largest absolute Gasteiger partial charge is 0.480 e. The van der Waals surface area contributed by atoms with E-state index in [0.29, 0.717) is 41.2 Å². The van der Waals surface area contributed by atoms with E-state index in [1.807, 2.05) is 5.92 Å². The number of terminal acetylenes is 1. The Kier molecular flexibility index (Phi) is 5.96. The maximum Gasteiger partial charge on any atom is 0.300 e. The monoisotopic (exact) mass is 399 g/mol. The van der Waals surface area contributed by atoms with Crippen LogP contribution in [-0.2, 0) is 4.79 Å². The van der Waals surface area contributed by atoms with Gasteiger partial charge in [-0.1, -0.05) is 11.6 Å². The van der Waals surface area contributed by atoms with Crippen LogP contribution in [0.3, 0.4) is 0 Å². The number of amides is 2. The standard InChI is InChI=1S/C19H18ClN5O3/c1-3-16(26)22-13-6-4-12(5-7-13)18(27)25-9-8-14(11-25)23-19-21-10-15(20)17(24-19)28-2/h1,4-7,10,14H,8-9,11H2,2H3,(H,22,26)(H,21,23,24)/t14-/m1/s1. The Morgan fingerprint density at radius 3 is 2.79 bits per heavy atom. The van der Waals surface area contributed by atoms with Gasteiger partial charge in [0.15, 0.2) is 0 Å². The minimum Gasteiger partial charge on any atom is -0.480 e. The van der Waals surface area contributed by atoms with Gasteiger partial charge < -0.3 is 20.3 Å². The highest BCUT2D eigenvalue weighted by atomic mass is 35.5. The van der Waals surface area contributed by atoms with Gasteiger partial charge in [-0.2, -0.15) is 4.98 Å². The van der Waals surface area contributed by atoms with E-state index in [1.165, 1.54) is 13.3 Å². The fraction of sp³-hybridized carbons (Fsp3) is 0.263. The molecule has 144 valence electrons. The number of aromatic nitrogens is 2. The molecule has 0 saturated carbocycles. The maximum absolute atomic E-state index is 12.7. The number of anilines is 2. The Morgan fingerprint density at radius 2 is 2.11 bits per heavy atom. The van der Waals surface area contributed by atoms with Crippen molar-refractivity contribution >= 4 is 35.1 Å². The molecule has 3 rings (SSSR count). The summed E-state index contributed by atoms with van der Waals surface area (Å²) in [6.07, 6.45) is 7.25. The first-order valence-electron chi connectivity index (χ1n) is 8.50. The van der Waals surface area contributed by atoms with Crippen LogP contribution in [-0.4, -0.2) is 52.9 Å². The summed E-state index contributed by atoms with van der Waals surface area (Å²) in [5, 5.41) is 6.06. The zero-order valence-electron chi connectivity index (χ0n) is 15.1. The van der Waals surface area contributed by atoms with Gasteiger partial charge in [-0.15, -0.1) is 6.42 Å². The number of nitrogens with zero attached hydrogens (tertiary/aromatic N) is 3. The number of methoxy groups -OCH3 is 1. The number of ether oxygens (including phenoxy) is 1. The summed E-state index contributed by atoms with van der Waals surface area (Å²) in [5.41, 5.74) is 1.07. The number of benzene rings is 1. The van der Waals surface area contributed by atoms with Gasteiger partial charge in [-0.25, -0.2) is 4.98 Å². The molecule has 1 fully saturated rings. The van der Waals surface area contributed by atoms with E-state index in [4.69, 9.17) is 22.8 Å². The SMILES string of the molecule is C#CC(=O)Nc1ccc(C(=O)N2CC[C@@H](Nc3ncc(Cl)c(OC)n3)C2)cc1. The van der Waals surface area contributed by atoms with Crippen molar-refractivity contribution in [1.29, 1.82) is 0 Å². The first-order chi connectivity index (χ1) is 13.5. The van der Waals surface area contributed by atoms with Crippen LogP contribution in [0.5, 0.6) is 5.88 Å². The molecule has 0 bridgehead atoms. The van der Waals surface area contributed by atoms with E-state index >= 15 is 0 Å². The van der Waals surface area contributed by atoms with Crippen LogP contribution in [0.1, 0.15) is 16.8 Å². The molecule has 8 nitrogen and oxygen atoms in total. The van der Waals surface area contributed by atoms with Gasteiger partial charge in [0.25, 0.3) is 11.8 Å². The van der Waals surface area contributed by atoms with Crippen LogP contribution < -0.4 is 15.4 Å². The maximum atomic E-state index is 12.7. The number of nitrogens with one attached hydrogen (secondary N) is 2. The minimum absolute atomic E-state index is 0.0176. The summed E-state index contributed by atoms with van der Waals surface area (Å²) < 4.78 is 5.08. The quantitative estimate of drug-likeness (QED) is 0.747. The number of halogens is 1. The second-order valence-corrected chi connectivity index (χ2v) is 6.51. The normalized spacial score (nSPS) is 15.6. The second-order valence-electron chi connectivity index (χ2n) is 6.11.